The highest BCUT2D eigenvalue weighted by Gasteiger charge is 2.15. The fourth-order valence-corrected chi connectivity index (χ4v) is 2.25. The maximum atomic E-state index is 3.67. The van der Waals surface area contributed by atoms with Gasteiger partial charge in [-0.3, -0.25) is 0 Å². The quantitative estimate of drug-likeness (QED) is 0.712. The van der Waals surface area contributed by atoms with Crippen LogP contribution in [0.2, 0.25) is 0 Å². The van der Waals surface area contributed by atoms with Gasteiger partial charge in [0.1, 0.15) is 0 Å². The zero-order chi connectivity index (χ0) is 12.5. The van der Waals surface area contributed by atoms with E-state index in [2.05, 4.69) is 79.4 Å². The van der Waals surface area contributed by atoms with Gasteiger partial charge >= 0.3 is 0 Å². The molecule has 0 saturated carbocycles. The Morgan fingerprint density at radius 2 is 1.25 bits per heavy atom. The van der Waals surface area contributed by atoms with Crippen molar-refractivity contribution in [2.75, 3.05) is 57.0 Å². The number of hydrogen-bond donors (Lipinski definition) is 0. The summed E-state index contributed by atoms with van der Waals surface area (Å²) in [5, 5.41) is 1.11. The van der Waals surface area contributed by atoms with E-state index >= 15 is 0 Å². The summed E-state index contributed by atoms with van der Waals surface area (Å²) in [6, 6.07) is 4.22. The van der Waals surface area contributed by atoms with Crippen molar-refractivity contribution in [1.82, 2.24) is 0 Å². The maximum absolute atomic E-state index is 3.67. The van der Waals surface area contributed by atoms with Gasteiger partial charge in [0.2, 0.25) is 0 Å². The van der Waals surface area contributed by atoms with E-state index in [4.69, 9.17) is 0 Å². The van der Waals surface area contributed by atoms with Crippen LogP contribution >= 0.6 is 0 Å². The third kappa shape index (κ3) is 2.32. The molecule has 3 radical (unpaired) electrons. The number of nitrogens with zero attached hydrogens (tertiary/aromatic N) is 3. The highest BCUT2D eigenvalue weighted by molar-refractivity contribution is 6.37. The molecule has 0 unspecified atom stereocenters. The van der Waals surface area contributed by atoms with Crippen LogP contribution in [0.1, 0.15) is 0 Å². The molecule has 0 aliphatic carbocycles. The van der Waals surface area contributed by atoms with Crippen LogP contribution in [0.25, 0.3) is 0 Å². The second-order valence-corrected chi connectivity index (χ2v) is 5.05. The predicted octanol–water partition coefficient (Wildman–Crippen LogP) is 0.678. The molecule has 0 heterocycles. The third-order valence-electron chi connectivity index (χ3n) is 2.51. The van der Waals surface area contributed by atoms with E-state index in [1.807, 2.05) is 0 Å². The summed E-state index contributed by atoms with van der Waals surface area (Å²) in [6.45, 7) is 0. The Hall–Kier alpha value is -1.16. The summed E-state index contributed by atoms with van der Waals surface area (Å²) >= 11 is 0. The van der Waals surface area contributed by atoms with Crippen molar-refractivity contribution >= 4 is 32.5 Å². The zero-order valence-corrected chi connectivity index (χ0v) is 12.0. The van der Waals surface area contributed by atoms with E-state index in [9.17, 15) is 0 Å². The van der Waals surface area contributed by atoms with E-state index in [-0.39, 0.29) is 0 Å². The fraction of sp³-hybridized carbons (Fsp3) is 0.500. The van der Waals surface area contributed by atoms with Crippen molar-refractivity contribution in [3.8, 4) is 0 Å². The Labute approximate surface area is 102 Å². The summed E-state index contributed by atoms with van der Waals surface area (Å²) < 4.78 is 0. The summed E-state index contributed by atoms with van der Waals surface area (Å²) in [5.74, 6) is 0. The highest BCUT2D eigenvalue weighted by Crippen LogP contribution is 2.34. The van der Waals surface area contributed by atoms with E-state index in [1.165, 1.54) is 17.1 Å². The lowest BCUT2D eigenvalue weighted by Gasteiger charge is -2.29. The average Bonchev–Trinajstić information content (AvgIpc) is 2.15. The first-order valence-corrected chi connectivity index (χ1v) is 5.76. The Morgan fingerprint density at radius 3 is 1.62 bits per heavy atom. The maximum Gasteiger partial charge on any atom is 0.0834 e. The zero-order valence-electron chi connectivity index (χ0n) is 11.0. The molecule has 3 nitrogen and oxygen atoms in total. The van der Waals surface area contributed by atoms with E-state index in [0.717, 1.165) is 5.19 Å². The van der Waals surface area contributed by atoms with Crippen LogP contribution in [0.4, 0.5) is 17.1 Å². The van der Waals surface area contributed by atoms with Crippen molar-refractivity contribution in [2.45, 2.75) is 0 Å². The molecule has 0 N–H and O–H groups in total. The van der Waals surface area contributed by atoms with Gasteiger partial charge in [-0.25, -0.2) is 0 Å². The molecule has 16 heavy (non-hydrogen) atoms. The minimum absolute atomic E-state index is 1.11. The standard InChI is InChI=1S/C12H20N3Si/c1-13(2)9-7-8-10(16)12(15(5)6)11(9)14(3)4/h7-8H,1-6H3. The van der Waals surface area contributed by atoms with E-state index in [1.54, 1.807) is 0 Å². The van der Waals surface area contributed by atoms with E-state index in [0.29, 0.717) is 0 Å². The van der Waals surface area contributed by atoms with Gasteiger partial charge in [-0.15, -0.1) is 0 Å². The fourth-order valence-electron chi connectivity index (χ4n) is 1.82. The van der Waals surface area contributed by atoms with Gasteiger partial charge < -0.3 is 14.7 Å². The molecule has 0 fully saturated rings. The molecule has 1 aromatic carbocycles. The number of benzene rings is 1. The van der Waals surface area contributed by atoms with Crippen LogP contribution in [0.5, 0.6) is 0 Å². The summed E-state index contributed by atoms with van der Waals surface area (Å²) in [4.78, 5) is 6.41. The van der Waals surface area contributed by atoms with Crippen LogP contribution < -0.4 is 19.9 Å². The van der Waals surface area contributed by atoms with Gasteiger partial charge in [0.05, 0.1) is 27.3 Å². The number of hydrogen-bond acceptors (Lipinski definition) is 3. The molecule has 1 rings (SSSR count). The van der Waals surface area contributed by atoms with Crippen LogP contribution in [-0.2, 0) is 0 Å². The van der Waals surface area contributed by atoms with Crippen molar-refractivity contribution < 1.29 is 0 Å². The Kier molecular flexibility index (Phi) is 3.86. The molecular weight excluding hydrogens is 214 g/mol. The minimum atomic E-state index is 1.11. The molecule has 87 valence electrons. The molecule has 0 aromatic heterocycles. The first kappa shape index (κ1) is 12.9. The predicted molar refractivity (Wildman–Crippen MR) is 74.8 cm³/mol. The van der Waals surface area contributed by atoms with Crippen molar-refractivity contribution in [3.63, 3.8) is 0 Å². The molecule has 0 saturated heterocycles. The Balaban J connectivity index is 3.50. The second kappa shape index (κ2) is 4.78. The SMILES string of the molecule is CN(C)c1ccc([Si])c(N(C)C)c1N(C)C. The molecule has 0 aliphatic heterocycles. The molecule has 0 aliphatic rings. The molecular formula is C12H20N3Si. The van der Waals surface area contributed by atoms with E-state index < -0.39 is 0 Å². The van der Waals surface area contributed by atoms with Crippen LogP contribution in [0.3, 0.4) is 0 Å². The van der Waals surface area contributed by atoms with Gasteiger partial charge in [0.15, 0.2) is 0 Å². The van der Waals surface area contributed by atoms with Gasteiger partial charge in [-0.2, -0.15) is 0 Å². The summed E-state index contributed by atoms with van der Waals surface area (Å²) in [5.41, 5.74) is 3.64. The number of anilines is 3. The largest absolute Gasteiger partial charge is 0.376 e. The Bertz CT molecular complexity index is 373. The van der Waals surface area contributed by atoms with Gasteiger partial charge in [-0.05, 0) is 11.3 Å². The van der Waals surface area contributed by atoms with Crippen LogP contribution in [0, 0.1) is 0 Å². The molecule has 0 amide bonds. The lowest BCUT2D eigenvalue weighted by atomic mass is 10.2. The third-order valence-corrected chi connectivity index (χ3v) is 2.91. The topological polar surface area (TPSA) is 9.72 Å². The van der Waals surface area contributed by atoms with Gasteiger partial charge in [0, 0.05) is 42.3 Å². The van der Waals surface area contributed by atoms with Crippen LogP contribution in [-0.4, -0.2) is 52.5 Å². The first-order valence-electron chi connectivity index (χ1n) is 5.26. The van der Waals surface area contributed by atoms with Crippen LogP contribution in [0.15, 0.2) is 12.1 Å². The van der Waals surface area contributed by atoms with Gasteiger partial charge in [-0.1, -0.05) is 6.07 Å². The van der Waals surface area contributed by atoms with Crippen molar-refractivity contribution in [2.24, 2.45) is 0 Å². The van der Waals surface area contributed by atoms with Crippen molar-refractivity contribution in [1.29, 1.82) is 0 Å². The smallest absolute Gasteiger partial charge is 0.0834 e. The molecule has 4 heteroatoms. The molecule has 0 spiro atoms. The lowest BCUT2D eigenvalue weighted by Crippen LogP contribution is -2.26. The summed E-state index contributed by atoms with van der Waals surface area (Å²) in [7, 11) is 16.1. The van der Waals surface area contributed by atoms with Gasteiger partial charge in [0.25, 0.3) is 0 Å². The first-order chi connectivity index (χ1) is 7.36. The average molecular weight is 234 g/mol. The lowest BCUT2D eigenvalue weighted by molar-refractivity contribution is 1.05. The second-order valence-electron chi connectivity index (χ2n) is 4.51. The van der Waals surface area contributed by atoms with Crippen molar-refractivity contribution in [3.05, 3.63) is 12.1 Å². The monoisotopic (exact) mass is 234 g/mol. The normalized spacial score (nSPS) is 10.2. The molecule has 1 aromatic rings. The number of rotatable bonds is 3. The highest BCUT2D eigenvalue weighted by atomic mass is 28.1. The molecule has 0 atom stereocenters. The summed E-state index contributed by atoms with van der Waals surface area (Å²) in [6.07, 6.45) is 0. The minimum Gasteiger partial charge on any atom is -0.376 e. The Morgan fingerprint density at radius 1 is 0.750 bits per heavy atom. The molecule has 0 bridgehead atoms.